The van der Waals surface area contributed by atoms with Crippen molar-refractivity contribution in [3.8, 4) is 17.7 Å². The van der Waals surface area contributed by atoms with Gasteiger partial charge in [0.25, 0.3) is 11.8 Å². The number of alkyl carbamates (subject to hydrolysis) is 1. The molecule has 0 atom stereocenters. The Hall–Kier alpha value is -3.69. The molecule has 0 spiro atoms. The molecule has 32 heavy (non-hydrogen) atoms. The molecule has 0 aliphatic heterocycles. The van der Waals surface area contributed by atoms with Crippen LogP contribution in [0.1, 0.15) is 6.92 Å². The molecular formula is C18H16Cl2FN7O4. The molecule has 0 radical (unpaired) electrons. The number of benzene rings is 1. The molecule has 0 aliphatic rings. The topological polar surface area (TPSA) is 142 Å². The lowest BCUT2D eigenvalue weighted by Crippen LogP contribution is -2.36. The van der Waals surface area contributed by atoms with E-state index in [9.17, 15) is 14.0 Å². The van der Waals surface area contributed by atoms with E-state index in [4.69, 9.17) is 33.2 Å². The summed E-state index contributed by atoms with van der Waals surface area (Å²) in [7, 11) is 3.19. The van der Waals surface area contributed by atoms with E-state index in [1.54, 1.807) is 21.0 Å². The number of carbonyl (C=O) groups is 2. The maximum absolute atomic E-state index is 14.5. The highest BCUT2D eigenvalue weighted by Crippen LogP contribution is 2.39. The van der Waals surface area contributed by atoms with Crippen LogP contribution in [0.15, 0.2) is 23.6 Å². The number of rotatable bonds is 7. The lowest BCUT2D eigenvalue weighted by molar-refractivity contribution is -0.114. The quantitative estimate of drug-likeness (QED) is 0.447. The number of ether oxygens (including phenoxy) is 2. The van der Waals surface area contributed by atoms with Gasteiger partial charge in [-0.25, -0.2) is 9.78 Å². The Bertz CT molecular complexity index is 1080. The van der Waals surface area contributed by atoms with Crippen molar-refractivity contribution in [2.45, 2.75) is 6.92 Å². The number of hydrogen-bond donors (Lipinski definition) is 2. The number of carbonyl (C=O) groups excluding carboxylic acids is 2. The molecule has 0 bridgehead atoms. The average Bonchev–Trinajstić information content (AvgIpc) is 2.72. The third-order valence-corrected chi connectivity index (χ3v) is 4.03. The van der Waals surface area contributed by atoms with Gasteiger partial charge in [-0.2, -0.15) is 19.7 Å². The van der Waals surface area contributed by atoms with E-state index in [1.807, 2.05) is 5.32 Å². The van der Waals surface area contributed by atoms with Crippen LogP contribution in [-0.4, -0.2) is 48.4 Å². The number of nitrogens with zero attached hydrogens (tertiary/aromatic N) is 5. The van der Waals surface area contributed by atoms with Gasteiger partial charge in [0.05, 0.1) is 22.3 Å². The Kier molecular flexibility index (Phi) is 8.51. The first-order chi connectivity index (χ1) is 15.2. The van der Waals surface area contributed by atoms with E-state index in [0.29, 0.717) is 0 Å². The van der Waals surface area contributed by atoms with E-state index in [2.05, 4.69) is 25.2 Å². The molecule has 2 N–H and O–H groups in total. The van der Waals surface area contributed by atoms with Crippen LogP contribution in [0, 0.1) is 17.1 Å². The third kappa shape index (κ3) is 6.16. The van der Waals surface area contributed by atoms with E-state index in [-0.39, 0.29) is 33.9 Å². The van der Waals surface area contributed by atoms with Gasteiger partial charge >= 0.3 is 6.09 Å². The Morgan fingerprint density at radius 1 is 1.28 bits per heavy atom. The fraction of sp³-hybridized carbons (Fsp3) is 0.222. The van der Waals surface area contributed by atoms with E-state index >= 15 is 0 Å². The van der Waals surface area contributed by atoms with Crippen LogP contribution < -0.4 is 20.4 Å². The van der Waals surface area contributed by atoms with E-state index < -0.39 is 29.4 Å². The van der Waals surface area contributed by atoms with Crippen LogP contribution in [0.3, 0.4) is 0 Å². The summed E-state index contributed by atoms with van der Waals surface area (Å²) in [6, 6.07) is 4.13. The third-order valence-electron chi connectivity index (χ3n) is 3.47. The summed E-state index contributed by atoms with van der Waals surface area (Å²) in [6.45, 7) is 1.59. The Morgan fingerprint density at radius 2 is 1.94 bits per heavy atom. The summed E-state index contributed by atoms with van der Waals surface area (Å²) in [5.41, 5.74) is 1.92. The number of nitriles is 1. The second-order valence-corrected chi connectivity index (χ2v) is 6.75. The zero-order valence-electron chi connectivity index (χ0n) is 16.9. The number of anilines is 2. The van der Waals surface area contributed by atoms with Gasteiger partial charge in [0, 0.05) is 14.1 Å². The van der Waals surface area contributed by atoms with Crippen molar-refractivity contribution < 1.29 is 23.5 Å². The maximum Gasteiger partial charge on any atom is 0.414 e. The number of halogens is 3. The minimum Gasteiger partial charge on any atom is -0.450 e. The monoisotopic (exact) mass is 483 g/mol. The van der Waals surface area contributed by atoms with Crippen molar-refractivity contribution in [1.82, 2.24) is 15.3 Å². The second-order valence-electron chi connectivity index (χ2n) is 5.94. The fourth-order valence-corrected chi connectivity index (χ4v) is 2.68. The van der Waals surface area contributed by atoms with Crippen molar-refractivity contribution in [2.24, 2.45) is 5.10 Å². The largest absolute Gasteiger partial charge is 0.450 e. The first kappa shape index (κ1) is 24.6. The molecule has 2 rings (SSSR count). The second kappa shape index (κ2) is 11.1. The molecule has 1 aromatic carbocycles. The molecule has 2 amide bonds. The summed E-state index contributed by atoms with van der Waals surface area (Å²) in [5.74, 6) is -2.38. The molecule has 0 saturated heterocycles. The number of aromatic nitrogens is 2. The number of nitrogens with one attached hydrogen (secondary N) is 2. The van der Waals surface area contributed by atoms with Gasteiger partial charge < -0.3 is 14.4 Å². The molecule has 14 heteroatoms. The SMILES string of the molecule is CCOC(=O)NC(=O)C(C#N)=NNc1cc(Cl)c(Oc2ncnc(N(C)C)c2F)c(Cl)c1. The molecule has 0 saturated carbocycles. The molecule has 0 fully saturated rings. The lowest BCUT2D eigenvalue weighted by Gasteiger charge is -2.15. The van der Waals surface area contributed by atoms with Gasteiger partial charge in [-0.3, -0.25) is 15.5 Å². The van der Waals surface area contributed by atoms with Crippen molar-refractivity contribution in [3.05, 3.63) is 34.3 Å². The predicted molar refractivity (Wildman–Crippen MR) is 115 cm³/mol. The zero-order chi connectivity index (χ0) is 23.8. The first-order valence-corrected chi connectivity index (χ1v) is 9.50. The molecule has 11 nitrogen and oxygen atoms in total. The van der Waals surface area contributed by atoms with E-state index in [0.717, 1.165) is 6.33 Å². The number of imide groups is 1. The highest BCUT2D eigenvalue weighted by atomic mass is 35.5. The zero-order valence-corrected chi connectivity index (χ0v) is 18.5. The van der Waals surface area contributed by atoms with Crippen molar-refractivity contribution in [3.63, 3.8) is 0 Å². The summed E-state index contributed by atoms with van der Waals surface area (Å²) >= 11 is 12.3. The number of amides is 2. The number of hydrogen-bond acceptors (Lipinski definition) is 10. The smallest absolute Gasteiger partial charge is 0.414 e. The summed E-state index contributed by atoms with van der Waals surface area (Å²) in [6.07, 6.45) is 0.0905. The standard InChI is InChI=1S/C18H16Cl2FN7O4/c1-4-31-18(30)25-16(29)12(7-22)27-26-9-5-10(19)14(11(20)6-9)32-17-13(21)15(28(2)3)23-8-24-17/h5-6,8,26H,4H2,1-3H3,(H,25,29,30). The lowest BCUT2D eigenvalue weighted by atomic mass is 10.3. The van der Waals surface area contributed by atoms with Crippen molar-refractivity contribution in [1.29, 1.82) is 5.26 Å². The molecule has 168 valence electrons. The predicted octanol–water partition coefficient (Wildman–Crippen LogP) is 3.34. The minimum atomic E-state index is -1.08. The molecule has 2 aromatic rings. The molecule has 1 heterocycles. The summed E-state index contributed by atoms with van der Waals surface area (Å²) in [4.78, 5) is 32.1. The molecule has 1 aromatic heterocycles. The molecular weight excluding hydrogens is 468 g/mol. The fourth-order valence-electron chi connectivity index (χ4n) is 2.11. The van der Waals surface area contributed by atoms with Crippen LogP contribution in [0.4, 0.5) is 20.7 Å². The van der Waals surface area contributed by atoms with Gasteiger partial charge in [0.2, 0.25) is 11.5 Å². The summed E-state index contributed by atoms with van der Waals surface area (Å²) in [5, 5.41) is 14.4. The van der Waals surface area contributed by atoms with Crippen LogP contribution in [-0.2, 0) is 9.53 Å². The molecule has 0 unspecified atom stereocenters. The van der Waals surface area contributed by atoms with E-state index in [1.165, 1.54) is 23.1 Å². The Morgan fingerprint density at radius 3 is 2.50 bits per heavy atom. The molecule has 0 aliphatic carbocycles. The van der Waals surface area contributed by atoms with Crippen LogP contribution in [0.2, 0.25) is 10.0 Å². The van der Waals surface area contributed by atoms with Gasteiger partial charge in [-0.05, 0) is 19.1 Å². The van der Waals surface area contributed by atoms with Gasteiger partial charge in [-0.1, -0.05) is 23.2 Å². The van der Waals surface area contributed by atoms with Gasteiger partial charge in [0.1, 0.15) is 12.4 Å². The van der Waals surface area contributed by atoms with Crippen LogP contribution in [0.25, 0.3) is 0 Å². The highest BCUT2D eigenvalue weighted by molar-refractivity contribution is 6.47. The summed E-state index contributed by atoms with van der Waals surface area (Å²) < 4.78 is 24.5. The van der Waals surface area contributed by atoms with Gasteiger partial charge in [0.15, 0.2) is 11.6 Å². The normalized spacial score (nSPS) is 10.7. The minimum absolute atomic E-state index is 0.00000299. The Labute approximate surface area is 191 Å². The average molecular weight is 484 g/mol. The highest BCUT2D eigenvalue weighted by Gasteiger charge is 2.19. The Balaban J connectivity index is 2.22. The van der Waals surface area contributed by atoms with Gasteiger partial charge in [-0.15, -0.1) is 0 Å². The van der Waals surface area contributed by atoms with Crippen LogP contribution in [0.5, 0.6) is 11.6 Å². The maximum atomic E-state index is 14.5. The first-order valence-electron chi connectivity index (χ1n) is 8.74. The van der Waals surface area contributed by atoms with Crippen molar-refractivity contribution >= 4 is 52.4 Å². The van der Waals surface area contributed by atoms with Crippen LogP contribution >= 0.6 is 23.2 Å². The van der Waals surface area contributed by atoms with Crippen molar-refractivity contribution in [2.75, 3.05) is 31.0 Å². The number of hydrazone groups is 1.